The lowest BCUT2D eigenvalue weighted by molar-refractivity contribution is 0.375. The molecule has 1 aliphatic rings. The minimum absolute atomic E-state index is 0.257. The molecule has 0 bridgehead atoms. The van der Waals surface area contributed by atoms with Gasteiger partial charge in [0.25, 0.3) is 0 Å². The van der Waals surface area contributed by atoms with Gasteiger partial charge in [-0.2, -0.15) is 4.98 Å². The van der Waals surface area contributed by atoms with Crippen molar-refractivity contribution in [3.8, 4) is 17.1 Å². The van der Waals surface area contributed by atoms with Crippen molar-refractivity contribution in [2.24, 2.45) is 0 Å². The molecule has 5 heteroatoms. The Balaban J connectivity index is 1.60. The predicted molar refractivity (Wildman–Crippen MR) is 75.1 cm³/mol. The van der Waals surface area contributed by atoms with Crippen LogP contribution in [0.15, 0.2) is 51.6 Å². The minimum Gasteiger partial charge on any atom is -0.496 e. The average molecular weight is 282 g/mol. The van der Waals surface area contributed by atoms with Crippen molar-refractivity contribution < 1.29 is 13.7 Å². The smallest absolute Gasteiger partial charge is 0.230 e. The Morgan fingerprint density at radius 2 is 2.05 bits per heavy atom. The first-order chi connectivity index (χ1) is 10.4. The highest BCUT2D eigenvalue weighted by molar-refractivity contribution is 5.63. The van der Waals surface area contributed by atoms with Crippen molar-refractivity contribution in [1.82, 2.24) is 10.1 Å². The number of para-hydroxylation sites is 1. The molecule has 1 aliphatic carbocycles. The van der Waals surface area contributed by atoms with Gasteiger partial charge < -0.3 is 13.7 Å². The van der Waals surface area contributed by atoms with E-state index in [1.807, 2.05) is 36.4 Å². The number of rotatable bonds is 4. The topological polar surface area (TPSA) is 61.3 Å². The lowest BCUT2D eigenvalue weighted by Gasteiger charge is -2.02. The van der Waals surface area contributed by atoms with Gasteiger partial charge in [-0.15, -0.1) is 0 Å². The summed E-state index contributed by atoms with van der Waals surface area (Å²) < 4.78 is 16.2. The molecule has 1 saturated carbocycles. The molecule has 0 spiro atoms. The molecule has 21 heavy (non-hydrogen) atoms. The molecule has 3 aromatic rings. The number of furan rings is 1. The van der Waals surface area contributed by atoms with Crippen molar-refractivity contribution in [3.05, 3.63) is 54.3 Å². The summed E-state index contributed by atoms with van der Waals surface area (Å²) in [4.78, 5) is 4.51. The number of hydrogen-bond acceptors (Lipinski definition) is 5. The normalized spacial score (nSPS) is 20.4. The molecule has 0 amide bonds. The lowest BCUT2D eigenvalue weighted by atomic mass is 10.2. The van der Waals surface area contributed by atoms with Gasteiger partial charge >= 0.3 is 0 Å². The van der Waals surface area contributed by atoms with E-state index in [9.17, 15) is 0 Å². The molecule has 1 fully saturated rings. The maximum absolute atomic E-state index is 5.43. The van der Waals surface area contributed by atoms with Crippen LogP contribution >= 0.6 is 0 Å². The summed E-state index contributed by atoms with van der Waals surface area (Å²) in [5.74, 6) is 3.56. The average Bonchev–Trinajstić information content (AvgIpc) is 2.97. The van der Waals surface area contributed by atoms with Crippen LogP contribution in [0.25, 0.3) is 11.4 Å². The summed E-state index contributed by atoms with van der Waals surface area (Å²) in [5.41, 5.74) is 0.838. The van der Waals surface area contributed by atoms with E-state index in [4.69, 9.17) is 13.7 Å². The Bertz CT molecular complexity index is 748. The van der Waals surface area contributed by atoms with Gasteiger partial charge in [0.1, 0.15) is 11.5 Å². The lowest BCUT2D eigenvalue weighted by Crippen LogP contribution is -1.89. The number of methoxy groups -OCH3 is 1. The largest absolute Gasteiger partial charge is 0.496 e. The second-order valence-electron chi connectivity index (χ2n) is 5.12. The Labute approximate surface area is 121 Å². The van der Waals surface area contributed by atoms with Gasteiger partial charge in [-0.3, -0.25) is 0 Å². The molecule has 2 aromatic heterocycles. The summed E-state index contributed by atoms with van der Waals surface area (Å²) in [5, 5.41) is 4.08. The third-order valence-electron chi connectivity index (χ3n) is 3.81. The Kier molecular flexibility index (Phi) is 2.77. The van der Waals surface area contributed by atoms with Crippen LogP contribution in [-0.2, 0) is 0 Å². The molecule has 2 heterocycles. The molecule has 1 aromatic carbocycles. The summed E-state index contributed by atoms with van der Waals surface area (Å²) in [6.45, 7) is 0. The first-order valence-corrected chi connectivity index (χ1v) is 6.87. The summed E-state index contributed by atoms with van der Waals surface area (Å²) in [7, 11) is 1.63. The number of ether oxygens (including phenoxy) is 1. The van der Waals surface area contributed by atoms with Gasteiger partial charge in [0.05, 0.1) is 18.9 Å². The minimum atomic E-state index is 0.257. The van der Waals surface area contributed by atoms with Gasteiger partial charge in [-0.25, -0.2) is 0 Å². The van der Waals surface area contributed by atoms with Crippen molar-refractivity contribution in [2.45, 2.75) is 18.3 Å². The van der Waals surface area contributed by atoms with Crippen molar-refractivity contribution in [1.29, 1.82) is 0 Å². The van der Waals surface area contributed by atoms with Crippen molar-refractivity contribution in [3.63, 3.8) is 0 Å². The van der Waals surface area contributed by atoms with Crippen molar-refractivity contribution in [2.75, 3.05) is 7.11 Å². The molecule has 0 N–H and O–H groups in total. The van der Waals surface area contributed by atoms with E-state index in [2.05, 4.69) is 10.1 Å². The molecule has 2 atom stereocenters. The van der Waals surface area contributed by atoms with Gasteiger partial charge in [0.2, 0.25) is 11.7 Å². The molecular formula is C16H14N2O3. The Morgan fingerprint density at radius 1 is 1.14 bits per heavy atom. The van der Waals surface area contributed by atoms with E-state index in [1.165, 1.54) is 0 Å². The van der Waals surface area contributed by atoms with E-state index in [0.29, 0.717) is 17.6 Å². The van der Waals surface area contributed by atoms with Gasteiger partial charge in [0.15, 0.2) is 0 Å². The fraction of sp³-hybridized carbons (Fsp3) is 0.250. The fourth-order valence-electron chi connectivity index (χ4n) is 2.61. The van der Waals surface area contributed by atoms with E-state index < -0.39 is 0 Å². The Morgan fingerprint density at radius 3 is 2.86 bits per heavy atom. The molecule has 5 nitrogen and oxygen atoms in total. The van der Waals surface area contributed by atoms with E-state index in [0.717, 1.165) is 23.5 Å². The maximum Gasteiger partial charge on any atom is 0.230 e. The van der Waals surface area contributed by atoms with Crippen LogP contribution in [0.4, 0.5) is 0 Å². The van der Waals surface area contributed by atoms with Gasteiger partial charge in [-0.05, 0) is 30.7 Å². The highest BCUT2D eigenvalue weighted by Crippen LogP contribution is 2.54. The number of benzene rings is 1. The SMILES string of the molecule is COc1ccccc1-c1noc([C@H]2C[C@@H]2c2ccco2)n1. The molecule has 106 valence electrons. The zero-order valence-electron chi connectivity index (χ0n) is 11.5. The zero-order valence-corrected chi connectivity index (χ0v) is 11.5. The van der Waals surface area contributed by atoms with E-state index in [-0.39, 0.29) is 5.92 Å². The molecule has 0 unspecified atom stereocenters. The van der Waals surface area contributed by atoms with Gasteiger partial charge in [-0.1, -0.05) is 17.3 Å². The molecule has 0 saturated heterocycles. The second kappa shape index (κ2) is 4.77. The van der Waals surface area contributed by atoms with Crippen LogP contribution in [0.2, 0.25) is 0 Å². The first-order valence-electron chi connectivity index (χ1n) is 6.87. The summed E-state index contributed by atoms with van der Waals surface area (Å²) >= 11 is 0. The third kappa shape index (κ3) is 2.11. The molecule has 0 radical (unpaired) electrons. The van der Waals surface area contributed by atoms with Crippen LogP contribution in [0.3, 0.4) is 0 Å². The second-order valence-corrected chi connectivity index (χ2v) is 5.12. The predicted octanol–water partition coefficient (Wildman–Crippen LogP) is 3.61. The molecular weight excluding hydrogens is 268 g/mol. The van der Waals surface area contributed by atoms with Crippen LogP contribution in [0, 0.1) is 0 Å². The monoisotopic (exact) mass is 282 g/mol. The Hall–Kier alpha value is -2.56. The highest BCUT2D eigenvalue weighted by Gasteiger charge is 2.45. The fourth-order valence-corrected chi connectivity index (χ4v) is 2.61. The number of aromatic nitrogens is 2. The van der Waals surface area contributed by atoms with E-state index in [1.54, 1.807) is 13.4 Å². The van der Waals surface area contributed by atoms with Crippen LogP contribution < -0.4 is 4.74 Å². The van der Waals surface area contributed by atoms with E-state index >= 15 is 0 Å². The number of hydrogen-bond donors (Lipinski definition) is 0. The standard InChI is InChI=1S/C16H14N2O3/c1-19-13-6-3-2-5-10(13)15-17-16(21-18-15)12-9-11(12)14-7-4-8-20-14/h2-8,11-12H,9H2,1H3/t11-,12-/m0/s1. The molecule has 0 aliphatic heterocycles. The zero-order chi connectivity index (χ0) is 14.2. The van der Waals surface area contributed by atoms with Crippen molar-refractivity contribution >= 4 is 0 Å². The summed E-state index contributed by atoms with van der Waals surface area (Å²) in [6.07, 6.45) is 2.68. The van der Waals surface area contributed by atoms with Gasteiger partial charge in [0, 0.05) is 11.8 Å². The highest BCUT2D eigenvalue weighted by atomic mass is 16.5. The van der Waals surface area contributed by atoms with Crippen LogP contribution in [-0.4, -0.2) is 17.3 Å². The summed E-state index contributed by atoms with van der Waals surface area (Å²) in [6, 6.07) is 11.5. The quantitative estimate of drug-likeness (QED) is 0.731. The van der Waals surface area contributed by atoms with Crippen LogP contribution in [0.1, 0.15) is 29.9 Å². The number of nitrogens with zero attached hydrogens (tertiary/aromatic N) is 2. The first kappa shape index (κ1) is 12.2. The van der Waals surface area contributed by atoms with Crippen LogP contribution in [0.5, 0.6) is 5.75 Å². The molecule has 4 rings (SSSR count). The third-order valence-corrected chi connectivity index (χ3v) is 3.81. The maximum atomic E-state index is 5.43.